The van der Waals surface area contributed by atoms with E-state index in [9.17, 15) is 32.6 Å². The molecule has 4 heterocycles. The molecule has 2 aromatic heterocycles. The average molecular weight is 598 g/mol. The number of carboxylic acids is 1. The van der Waals surface area contributed by atoms with Crippen LogP contribution in [0.5, 0.6) is 5.88 Å². The molecule has 2 aliphatic heterocycles. The van der Waals surface area contributed by atoms with Crippen LogP contribution in [-0.4, -0.2) is 75.6 Å². The van der Waals surface area contributed by atoms with Crippen molar-refractivity contribution in [2.24, 2.45) is 0 Å². The number of alkyl halides is 3. The van der Waals surface area contributed by atoms with E-state index in [1.54, 1.807) is 6.92 Å². The number of halogens is 5. The number of nitrogens with two attached hydrogens (primary N) is 1. The quantitative estimate of drug-likeness (QED) is 0.222. The van der Waals surface area contributed by atoms with Gasteiger partial charge in [-0.05, 0) is 38.4 Å². The van der Waals surface area contributed by atoms with Crippen molar-refractivity contribution in [2.75, 3.05) is 48.7 Å². The highest BCUT2D eigenvalue weighted by Gasteiger charge is 2.53. The van der Waals surface area contributed by atoms with Crippen LogP contribution in [0, 0.1) is 18.6 Å². The highest BCUT2D eigenvalue weighted by molar-refractivity contribution is 5.98. The molecule has 0 bridgehead atoms. The maximum Gasteiger partial charge on any atom is 0.417 e. The zero-order chi connectivity index (χ0) is 30.6. The van der Waals surface area contributed by atoms with Crippen LogP contribution in [0.4, 0.5) is 39.4 Å². The lowest BCUT2D eigenvalue weighted by Crippen LogP contribution is -2.67. The molecule has 5 rings (SSSR count). The monoisotopic (exact) mass is 597 g/mol. The molecule has 1 aromatic carbocycles. The van der Waals surface area contributed by atoms with Crippen LogP contribution in [0.2, 0.25) is 0 Å². The first-order valence-electron chi connectivity index (χ1n) is 13.1. The molecule has 3 aromatic rings. The van der Waals surface area contributed by atoms with Gasteiger partial charge < -0.3 is 36.2 Å². The van der Waals surface area contributed by atoms with Crippen molar-refractivity contribution in [1.82, 2.24) is 20.3 Å². The first-order chi connectivity index (χ1) is 19.8. The lowest BCUT2D eigenvalue weighted by molar-refractivity contribution is -0.148. The normalized spacial score (nSPS) is 21.2. The summed E-state index contributed by atoms with van der Waals surface area (Å²) in [7, 11) is 0. The lowest BCUT2D eigenvalue weighted by Gasteiger charge is -2.48. The molecule has 1 fully saturated rings. The Morgan fingerprint density at radius 3 is 2.57 bits per heavy atom. The second-order valence-corrected chi connectivity index (χ2v) is 10.3. The number of aliphatic hydroxyl groups excluding tert-OH is 1. The van der Waals surface area contributed by atoms with Gasteiger partial charge in [0.25, 0.3) is 0 Å². The highest BCUT2D eigenvalue weighted by atomic mass is 19.4. The Morgan fingerprint density at radius 2 is 1.95 bits per heavy atom. The zero-order valence-electron chi connectivity index (χ0n) is 22.6. The van der Waals surface area contributed by atoms with Crippen molar-refractivity contribution in [3.05, 3.63) is 28.8 Å². The topological polar surface area (TPSA) is 159 Å². The van der Waals surface area contributed by atoms with E-state index in [1.807, 2.05) is 0 Å². The number of ether oxygens (including phenoxy) is 1. The average Bonchev–Trinajstić information content (AvgIpc) is 2.92. The van der Waals surface area contributed by atoms with Crippen LogP contribution < -0.4 is 26.0 Å². The van der Waals surface area contributed by atoms with Crippen LogP contribution in [0.3, 0.4) is 0 Å². The molecule has 0 amide bonds. The minimum absolute atomic E-state index is 0.00572. The molecule has 42 heavy (non-hydrogen) atoms. The molecule has 0 unspecified atom stereocenters. The molecule has 6 N–H and O–H groups in total. The van der Waals surface area contributed by atoms with Crippen LogP contribution in [0.25, 0.3) is 22.2 Å². The van der Waals surface area contributed by atoms with Gasteiger partial charge in [0.2, 0.25) is 11.8 Å². The van der Waals surface area contributed by atoms with E-state index in [2.05, 4.69) is 25.6 Å². The third-order valence-electron chi connectivity index (χ3n) is 7.61. The number of anilines is 3. The standard InChI is InChI=1S/C26H28F5N7O4/c1-11-3-5-33-6-7-34-21-15-20(36-24(37-21)38-8-4-25(38,10-39)23(40)41)18(28)19(35-22(15)42-11)13-9-14(32)17(27)12(2)16(13)26(29,30)31/h9,11,33,39H,3-8,10,32H2,1-2H3,(H,40,41)(H,34,36,37)/t11-,25-/m0/s1. The maximum atomic E-state index is 16.5. The summed E-state index contributed by atoms with van der Waals surface area (Å²) in [6, 6.07) is 0.658. The van der Waals surface area contributed by atoms with Crippen LogP contribution >= 0.6 is 0 Å². The maximum absolute atomic E-state index is 16.5. The van der Waals surface area contributed by atoms with E-state index < -0.39 is 75.6 Å². The Kier molecular flexibility index (Phi) is 7.47. The number of hydrogen-bond acceptors (Lipinski definition) is 10. The molecule has 226 valence electrons. The molecule has 0 saturated carbocycles. The summed E-state index contributed by atoms with van der Waals surface area (Å²) in [6.45, 7) is 3.14. The van der Waals surface area contributed by atoms with Crippen molar-refractivity contribution >= 4 is 34.3 Å². The predicted octanol–water partition coefficient (Wildman–Crippen LogP) is 3.08. The van der Waals surface area contributed by atoms with Gasteiger partial charge in [-0.15, -0.1) is 0 Å². The first kappa shape index (κ1) is 29.4. The fourth-order valence-electron chi connectivity index (χ4n) is 5.20. The molecule has 11 nitrogen and oxygen atoms in total. The molecule has 2 aliphatic rings. The number of pyridine rings is 1. The Hall–Kier alpha value is -4.05. The second-order valence-electron chi connectivity index (χ2n) is 10.3. The van der Waals surface area contributed by atoms with Crippen LogP contribution in [0.1, 0.15) is 30.9 Å². The smallest absolute Gasteiger partial charge is 0.417 e. The van der Waals surface area contributed by atoms with Gasteiger partial charge in [0.05, 0.1) is 24.0 Å². The Labute approximate surface area is 235 Å². The summed E-state index contributed by atoms with van der Waals surface area (Å²) < 4.78 is 79.7. The molecule has 0 radical (unpaired) electrons. The largest absolute Gasteiger partial charge is 0.479 e. The van der Waals surface area contributed by atoms with Gasteiger partial charge in [0.1, 0.15) is 28.2 Å². The van der Waals surface area contributed by atoms with Crippen LogP contribution in [0.15, 0.2) is 6.07 Å². The Bertz CT molecular complexity index is 1570. The third-order valence-corrected chi connectivity index (χ3v) is 7.61. The molecule has 0 spiro atoms. The molecular formula is C26H28F5N7O4. The van der Waals surface area contributed by atoms with Gasteiger partial charge in [-0.25, -0.2) is 23.5 Å². The number of carbonyl (C=O) groups is 1. The summed E-state index contributed by atoms with van der Waals surface area (Å²) in [5, 5.41) is 25.9. The van der Waals surface area contributed by atoms with Crippen molar-refractivity contribution in [3.8, 4) is 17.1 Å². The second kappa shape index (κ2) is 10.7. The number of nitrogens with zero attached hydrogens (tertiary/aromatic N) is 4. The predicted molar refractivity (Wildman–Crippen MR) is 142 cm³/mol. The van der Waals surface area contributed by atoms with Gasteiger partial charge in [-0.1, -0.05) is 0 Å². The minimum atomic E-state index is -5.11. The zero-order valence-corrected chi connectivity index (χ0v) is 22.6. The Balaban J connectivity index is 1.85. The summed E-state index contributed by atoms with van der Waals surface area (Å²) in [4.78, 5) is 26.1. The number of nitrogens with one attached hydrogen (secondary N) is 2. The Morgan fingerprint density at radius 1 is 1.21 bits per heavy atom. The highest BCUT2D eigenvalue weighted by Crippen LogP contribution is 2.45. The van der Waals surface area contributed by atoms with Crippen LogP contribution in [-0.2, 0) is 11.0 Å². The lowest BCUT2D eigenvalue weighted by atomic mass is 9.86. The van der Waals surface area contributed by atoms with E-state index in [0.717, 1.165) is 6.92 Å². The fraction of sp³-hybridized carbons (Fsp3) is 0.462. The summed E-state index contributed by atoms with van der Waals surface area (Å²) in [5.74, 6) is -4.54. The van der Waals surface area contributed by atoms with E-state index in [1.165, 1.54) is 4.90 Å². The minimum Gasteiger partial charge on any atom is -0.479 e. The number of carboxylic acid groups (broad SMARTS) is 1. The number of rotatable bonds is 4. The summed E-state index contributed by atoms with van der Waals surface area (Å²) in [5.41, 5.74) is -1.24. The third kappa shape index (κ3) is 4.77. The van der Waals surface area contributed by atoms with Gasteiger partial charge in [-0.3, -0.25) is 0 Å². The molecule has 16 heteroatoms. The summed E-state index contributed by atoms with van der Waals surface area (Å²) in [6.07, 6.45) is -5.14. The number of aliphatic carboxylic acids is 1. The van der Waals surface area contributed by atoms with Crippen molar-refractivity contribution in [1.29, 1.82) is 0 Å². The van der Waals surface area contributed by atoms with Gasteiger partial charge in [0, 0.05) is 31.6 Å². The number of nitrogen functional groups attached to an aromatic ring is 1. The number of benzene rings is 1. The van der Waals surface area contributed by atoms with Gasteiger partial charge >= 0.3 is 12.1 Å². The van der Waals surface area contributed by atoms with E-state index in [4.69, 9.17) is 10.5 Å². The van der Waals surface area contributed by atoms with Gasteiger partial charge in [-0.2, -0.15) is 18.2 Å². The van der Waals surface area contributed by atoms with Crippen molar-refractivity contribution in [2.45, 2.75) is 44.5 Å². The van der Waals surface area contributed by atoms with E-state index >= 15 is 4.39 Å². The SMILES string of the molecule is Cc1c(F)c(N)cc(-c2nc3c4c(nc(N5CC[C@]5(CO)C(=O)O)nc4c2F)NCCNCC[C@H](C)O3)c1C(F)(F)F. The number of hydrogen-bond donors (Lipinski definition) is 5. The van der Waals surface area contributed by atoms with Gasteiger partial charge in [0.15, 0.2) is 11.4 Å². The molecule has 0 aliphatic carbocycles. The van der Waals surface area contributed by atoms with Crippen molar-refractivity contribution < 1.29 is 41.7 Å². The number of aromatic nitrogens is 3. The van der Waals surface area contributed by atoms with E-state index in [-0.39, 0.29) is 42.5 Å². The fourth-order valence-corrected chi connectivity index (χ4v) is 5.20. The molecule has 2 atom stereocenters. The first-order valence-corrected chi connectivity index (χ1v) is 13.1. The van der Waals surface area contributed by atoms with E-state index in [0.29, 0.717) is 25.6 Å². The summed E-state index contributed by atoms with van der Waals surface area (Å²) >= 11 is 0. The van der Waals surface area contributed by atoms with Crippen molar-refractivity contribution in [3.63, 3.8) is 0 Å². The molecule has 1 saturated heterocycles. The number of aliphatic hydroxyl groups is 1. The molecular weight excluding hydrogens is 569 g/mol.